The van der Waals surface area contributed by atoms with Crippen molar-refractivity contribution >= 4 is 17.7 Å². The molecule has 0 aromatic carbocycles. The van der Waals surface area contributed by atoms with Crippen LogP contribution in [-0.2, 0) is 14.3 Å². The second-order valence-corrected chi connectivity index (χ2v) is 8.46. The van der Waals surface area contributed by atoms with Crippen LogP contribution < -0.4 is 0 Å². The van der Waals surface area contributed by atoms with E-state index in [1.54, 1.807) is 0 Å². The molecule has 0 spiro atoms. The molecule has 2 aliphatic heterocycles. The highest BCUT2D eigenvalue weighted by Crippen LogP contribution is 2.46. The fourth-order valence-corrected chi connectivity index (χ4v) is 5.28. The summed E-state index contributed by atoms with van der Waals surface area (Å²) in [4.78, 5) is 11.3. The Hall–Kier alpha value is -0.560. The molecule has 0 saturated carbocycles. The standard InChI is InChI=1S/C20H35NO4S/c1-3-4-6-12-24-13-11-16-17(19-10-9-18(16)25-19)15-26-14-7-5-8-20(22)21(2)23/h4,6,16-19,23H,3,5,7-15H2,1-2H3/b6-4+. The van der Waals surface area contributed by atoms with E-state index in [2.05, 4.69) is 19.1 Å². The first kappa shape index (κ1) is 21.7. The molecule has 0 aliphatic carbocycles. The lowest BCUT2D eigenvalue weighted by Gasteiger charge is -2.27. The van der Waals surface area contributed by atoms with Crippen molar-refractivity contribution in [1.82, 2.24) is 5.06 Å². The van der Waals surface area contributed by atoms with E-state index in [1.807, 2.05) is 11.8 Å². The van der Waals surface area contributed by atoms with Crippen LogP contribution in [0.15, 0.2) is 12.2 Å². The summed E-state index contributed by atoms with van der Waals surface area (Å²) in [6.07, 6.45) is 12.0. The molecule has 2 bridgehead atoms. The Morgan fingerprint density at radius 2 is 2.04 bits per heavy atom. The summed E-state index contributed by atoms with van der Waals surface area (Å²) >= 11 is 1.98. The van der Waals surface area contributed by atoms with E-state index in [9.17, 15) is 4.79 Å². The molecule has 2 aliphatic rings. The van der Waals surface area contributed by atoms with Gasteiger partial charge >= 0.3 is 0 Å². The number of amides is 1. The second kappa shape index (κ2) is 12.0. The summed E-state index contributed by atoms with van der Waals surface area (Å²) in [5.74, 6) is 3.31. The lowest BCUT2D eigenvalue weighted by molar-refractivity contribution is -0.159. The van der Waals surface area contributed by atoms with Gasteiger partial charge in [-0.05, 0) is 61.9 Å². The number of ether oxygens (including phenoxy) is 2. The van der Waals surface area contributed by atoms with Crippen LogP contribution in [0.1, 0.15) is 51.9 Å². The van der Waals surface area contributed by atoms with E-state index < -0.39 is 0 Å². The molecule has 0 radical (unpaired) electrons. The number of allylic oxidation sites excluding steroid dienone is 1. The second-order valence-electron chi connectivity index (χ2n) is 7.31. The van der Waals surface area contributed by atoms with E-state index in [1.165, 1.54) is 19.9 Å². The summed E-state index contributed by atoms with van der Waals surface area (Å²) in [5, 5.41) is 9.72. The first-order valence-electron chi connectivity index (χ1n) is 10.0. The molecule has 1 amide bonds. The highest BCUT2D eigenvalue weighted by atomic mass is 32.2. The van der Waals surface area contributed by atoms with Crippen molar-refractivity contribution in [3.63, 3.8) is 0 Å². The summed E-state index contributed by atoms with van der Waals surface area (Å²) in [6, 6.07) is 0. The Labute approximate surface area is 162 Å². The number of hydrogen-bond acceptors (Lipinski definition) is 5. The van der Waals surface area contributed by atoms with Crippen LogP contribution >= 0.6 is 11.8 Å². The number of unbranched alkanes of at least 4 members (excludes halogenated alkanes) is 1. The van der Waals surface area contributed by atoms with Crippen LogP contribution in [0.3, 0.4) is 0 Å². The summed E-state index contributed by atoms with van der Waals surface area (Å²) < 4.78 is 11.9. The first-order valence-corrected chi connectivity index (χ1v) is 11.2. The van der Waals surface area contributed by atoms with Crippen LogP contribution in [0.2, 0.25) is 0 Å². The number of carbonyl (C=O) groups excluding carboxylic acids is 1. The van der Waals surface area contributed by atoms with Crippen LogP contribution in [-0.4, -0.2) is 60.2 Å². The highest BCUT2D eigenvalue weighted by Gasteiger charge is 2.47. The minimum Gasteiger partial charge on any atom is -0.377 e. The number of nitrogens with zero attached hydrogens (tertiary/aromatic N) is 1. The topological polar surface area (TPSA) is 59.0 Å². The van der Waals surface area contributed by atoms with Gasteiger partial charge < -0.3 is 9.47 Å². The molecule has 5 nitrogen and oxygen atoms in total. The summed E-state index contributed by atoms with van der Waals surface area (Å²) in [6.45, 7) is 3.67. The van der Waals surface area contributed by atoms with Gasteiger partial charge in [0.15, 0.2) is 0 Å². The van der Waals surface area contributed by atoms with Gasteiger partial charge in [-0.2, -0.15) is 11.8 Å². The molecule has 6 heteroatoms. The van der Waals surface area contributed by atoms with E-state index in [0.717, 1.165) is 50.4 Å². The molecule has 2 heterocycles. The average molecular weight is 386 g/mol. The van der Waals surface area contributed by atoms with Gasteiger partial charge in [0.1, 0.15) is 0 Å². The zero-order valence-corrected chi connectivity index (χ0v) is 17.1. The maximum Gasteiger partial charge on any atom is 0.245 e. The summed E-state index contributed by atoms with van der Waals surface area (Å²) in [5.41, 5.74) is 0. The molecular formula is C20H35NO4S. The van der Waals surface area contributed by atoms with Gasteiger partial charge in [-0.15, -0.1) is 0 Å². The van der Waals surface area contributed by atoms with Crippen molar-refractivity contribution in [3.05, 3.63) is 12.2 Å². The van der Waals surface area contributed by atoms with Crippen molar-refractivity contribution < 1.29 is 19.5 Å². The molecule has 4 unspecified atom stereocenters. The van der Waals surface area contributed by atoms with Gasteiger partial charge in [0.25, 0.3) is 0 Å². The van der Waals surface area contributed by atoms with E-state index in [0.29, 0.717) is 35.5 Å². The van der Waals surface area contributed by atoms with E-state index in [4.69, 9.17) is 14.7 Å². The third kappa shape index (κ3) is 6.87. The number of fused-ring (bicyclic) bond motifs is 2. The lowest BCUT2D eigenvalue weighted by Crippen LogP contribution is -2.30. The quantitative estimate of drug-likeness (QED) is 0.225. The minimum atomic E-state index is -0.203. The van der Waals surface area contributed by atoms with Gasteiger partial charge in [0, 0.05) is 20.1 Å². The smallest absolute Gasteiger partial charge is 0.245 e. The van der Waals surface area contributed by atoms with Gasteiger partial charge in [-0.1, -0.05) is 19.1 Å². The van der Waals surface area contributed by atoms with Gasteiger partial charge in [-0.25, -0.2) is 5.06 Å². The number of rotatable bonds is 13. The Balaban J connectivity index is 1.60. The maximum absolute atomic E-state index is 11.3. The Morgan fingerprint density at radius 3 is 2.77 bits per heavy atom. The number of carbonyl (C=O) groups is 1. The van der Waals surface area contributed by atoms with Crippen LogP contribution in [0.25, 0.3) is 0 Å². The van der Waals surface area contributed by atoms with Crippen LogP contribution in [0.4, 0.5) is 0 Å². The van der Waals surface area contributed by atoms with Crippen LogP contribution in [0, 0.1) is 11.8 Å². The van der Waals surface area contributed by atoms with Gasteiger partial charge in [0.05, 0.1) is 18.8 Å². The monoisotopic (exact) mass is 385 g/mol. The van der Waals surface area contributed by atoms with Gasteiger partial charge in [-0.3, -0.25) is 10.0 Å². The van der Waals surface area contributed by atoms with E-state index >= 15 is 0 Å². The fourth-order valence-electron chi connectivity index (χ4n) is 3.97. The molecule has 2 saturated heterocycles. The fraction of sp³-hybridized carbons (Fsp3) is 0.850. The third-order valence-corrected chi connectivity index (χ3v) is 6.60. The SMILES string of the molecule is CC/C=C/COCCC1C2CCC(O2)C1CSCCCCC(=O)N(C)O. The maximum atomic E-state index is 11.3. The Kier molecular flexibility index (Phi) is 10.0. The molecule has 26 heavy (non-hydrogen) atoms. The zero-order chi connectivity index (χ0) is 18.8. The molecular weight excluding hydrogens is 350 g/mol. The number of thioether (sulfide) groups is 1. The zero-order valence-electron chi connectivity index (χ0n) is 16.3. The molecule has 4 atom stereocenters. The predicted molar refractivity (Wildman–Crippen MR) is 105 cm³/mol. The molecule has 1 N–H and O–H groups in total. The van der Waals surface area contributed by atoms with Crippen LogP contribution in [0.5, 0.6) is 0 Å². The van der Waals surface area contributed by atoms with Crippen molar-refractivity contribution in [2.75, 3.05) is 31.8 Å². The molecule has 2 rings (SSSR count). The van der Waals surface area contributed by atoms with E-state index in [-0.39, 0.29) is 5.91 Å². The predicted octanol–water partition coefficient (Wildman–Crippen LogP) is 3.90. The lowest BCUT2D eigenvalue weighted by atomic mass is 9.79. The Bertz CT molecular complexity index is 444. The van der Waals surface area contributed by atoms with Crippen molar-refractivity contribution in [2.45, 2.75) is 64.1 Å². The van der Waals surface area contributed by atoms with Gasteiger partial charge in [0.2, 0.25) is 5.91 Å². The Morgan fingerprint density at radius 1 is 1.27 bits per heavy atom. The number of hydrogen-bond donors (Lipinski definition) is 1. The highest BCUT2D eigenvalue weighted by molar-refractivity contribution is 7.99. The van der Waals surface area contributed by atoms with Crippen molar-refractivity contribution in [1.29, 1.82) is 0 Å². The number of hydroxylamine groups is 2. The molecule has 2 fully saturated rings. The van der Waals surface area contributed by atoms with Crippen molar-refractivity contribution in [2.24, 2.45) is 11.8 Å². The summed E-state index contributed by atoms with van der Waals surface area (Å²) in [7, 11) is 1.39. The third-order valence-electron chi connectivity index (χ3n) is 5.40. The normalized spacial score (nSPS) is 27.5. The average Bonchev–Trinajstić information content (AvgIpc) is 3.22. The first-order chi connectivity index (χ1) is 12.6. The molecule has 0 aromatic heterocycles. The van der Waals surface area contributed by atoms with Crippen molar-refractivity contribution in [3.8, 4) is 0 Å². The largest absolute Gasteiger partial charge is 0.377 e. The minimum absolute atomic E-state index is 0.203. The molecule has 0 aromatic rings. The molecule has 150 valence electrons.